The van der Waals surface area contributed by atoms with Gasteiger partial charge in [0, 0.05) is 11.9 Å². The fraction of sp³-hybridized carbons (Fsp3) is 0.250. The molecule has 128 valence electrons. The average molecular weight is 338 g/mol. The van der Waals surface area contributed by atoms with Crippen molar-refractivity contribution in [2.24, 2.45) is 0 Å². The van der Waals surface area contributed by atoms with Crippen molar-refractivity contribution in [1.29, 1.82) is 0 Å². The fourth-order valence-corrected chi connectivity index (χ4v) is 3.32. The molecule has 1 N–H and O–H groups in total. The third-order valence-electron chi connectivity index (χ3n) is 4.59. The van der Waals surface area contributed by atoms with Crippen molar-refractivity contribution in [3.63, 3.8) is 0 Å². The number of nitrogens with zero attached hydrogens (tertiary/aromatic N) is 1. The van der Waals surface area contributed by atoms with Crippen LogP contribution in [-0.4, -0.2) is 16.6 Å². The molecule has 4 rings (SSSR count). The molecule has 0 fully saturated rings. The van der Waals surface area contributed by atoms with E-state index in [1.165, 1.54) is 12.1 Å². The summed E-state index contributed by atoms with van der Waals surface area (Å²) in [5.41, 5.74) is 2.31. The molecule has 2 aromatic carbocycles. The summed E-state index contributed by atoms with van der Waals surface area (Å²) in [4.78, 5) is 12.7. The first-order valence-corrected chi connectivity index (χ1v) is 8.47. The highest BCUT2D eigenvalue weighted by atomic mass is 19.1. The average Bonchev–Trinajstić information content (AvgIpc) is 3.00. The van der Waals surface area contributed by atoms with Crippen LogP contribution in [0.15, 0.2) is 48.5 Å². The van der Waals surface area contributed by atoms with Crippen molar-refractivity contribution in [1.82, 2.24) is 9.88 Å². The number of carbonyl (C=O) groups is 1. The Labute approximate surface area is 145 Å². The van der Waals surface area contributed by atoms with Crippen LogP contribution in [0.4, 0.5) is 4.39 Å². The van der Waals surface area contributed by atoms with Gasteiger partial charge in [0.05, 0.1) is 12.1 Å². The Morgan fingerprint density at radius 2 is 2.12 bits per heavy atom. The van der Waals surface area contributed by atoms with Crippen molar-refractivity contribution in [2.45, 2.75) is 32.5 Å². The van der Waals surface area contributed by atoms with Crippen LogP contribution in [0, 0.1) is 5.82 Å². The molecule has 3 aromatic rings. The molecule has 0 saturated carbocycles. The number of amides is 1. The first-order valence-electron chi connectivity index (χ1n) is 8.47. The van der Waals surface area contributed by atoms with Gasteiger partial charge in [-0.2, -0.15) is 0 Å². The molecule has 1 amide bonds. The quantitative estimate of drug-likeness (QED) is 0.784. The number of ether oxygens (including phenoxy) is 1. The molecule has 0 unspecified atom stereocenters. The summed E-state index contributed by atoms with van der Waals surface area (Å²) in [5.74, 6) is 0.353. The summed E-state index contributed by atoms with van der Waals surface area (Å²) >= 11 is 0. The molecular weight excluding hydrogens is 319 g/mol. The van der Waals surface area contributed by atoms with Crippen molar-refractivity contribution in [3.8, 4) is 5.75 Å². The lowest BCUT2D eigenvalue weighted by Gasteiger charge is -2.26. The van der Waals surface area contributed by atoms with E-state index in [0.29, 0.717) is 18.8 Å². The number of aromatic nitrogens is 1. The molecule has 5 heteroatoms. The monoisotopic (exact) mass is 338 g/mol. The Morgan fingerprint density at radius 3 is 2.92 bits per heavy atom. The number of halogens is 1. The van der Waals surface area contributed by atoms with Crippen LogP contribution in [0.25, 0.3) is 10.9 Å². The van der Waals surface area contributed by atoms with E-state index >= 15 is 0 Å². The van der Waals surface area contributed by atoms with Crippen LogP contribution >= 0.6 is 0 Å². The largest absolute Gasteiger partial charge is 0.486 e. The van der Waals surface area contributed by atoms with Crippen LogP contribution in [0.5, 0.6) is 5.75 Å². The number of rotatable bonds is 4. The molecule has 0 saturated heterocycles. The maximum Gasteiger partial charge on any atom is 0.268 e. The lowest BCUT2D eigenvalue weighted by Crippen LogP contribution is -2.31. The molecule has 4 nitrogen and oxygen atoms in total. The van der Waals surface area contributed by atoms with Crippen LogP contribution in [0.1, 0.15) is 29.4 Å². The molecule has 1 aliphatic heterocycles. The molecule has 25 heavy (non-hydrogen) atoms. The molecule has 0 radical (unpaired) electrons. The van der Waals surface area contributed by atoms with Gasteiger partial charge >= 0.3 is 0 Å². The van der Waals surface area contributed by atoms with Gasteiger partial charge < -0.3 is 14.6 Å². The summed E-state index contributed by atoms with van der Waals surface area (Å²) in [6.07, 6.45) is 0.929. The standard InChI is InChI=1S/C20H19FN2O2/c1-2-16-12-23-17(10-14-6-4-8-18(25-16)19(14)23)20(24)22-11-13-5-3-7-15(21)9-13/h3-10,16H,2,11-12H2,1H3,(H,22,24)/t16-/m1/s1. The highest BCUT2D eigenvalue weighted by Crippen LogP contribution is 2.34. The van der Waals surface area contributed by atoms with E-state index in [9.17, 15) is 9.18 Å². The van der Waals surface area contributed by atoms with E-state index in [1.807, 2.05) is 28.8 Å². The molecule has 0 spiro atoms. The third-order valence-corrected chi connectivity index (χ3v) is 4.59. The smallest absolute Gasteiger partial charge is 0.268 e. The first kappa shape index (κ1) is 15.7. The Kier molecular flexibility index (Phi) is 3.92. The number of para-hydroxylation sites is 1. The zero-order valence-corrected chi connectivity index (χ0v) is 14.0. The van der Waals surface area contributed by atoms with E-state index in [2.05, 4.69) is 12.2 Å². The molecule has 1 atom stereocenters. The highest BCUT2D eigenvalue weighted by Gasteiger charge is 2.25. The van der Waals surface area contributed by atoms with Crippen molar-refractivity contribution >= 4 is 16.8 Å². The lowest BCUT2D eigenvalue weighted by atomic mass is 10.2. The van der Waals surface area contributed by atoms with Crippen LogP contribution in [0.3, 0.4) is 0 Å². The van der Waals surface area contributed by atoms with Crippen LogP contribution < -0.4 is 10.1 Å². The SMILES string of the molecule is CC[C@@H]1Cn2c(C(=O)NCc3cccc(F)c3)cc3cccc(c32)O1. The zero-order valence-electron chi connectivity index (χ0n) is 14.0. The van der Waals surface area contributed by atoms with E-state index in [-0.39, 0.29) is 17.8 Å². The number of benzene rings is 2. The second kappa shape index (κ2) is 6.24. The topological polar surface area (TPSA) is 43.3 Å². The van der Waals surface area contributed by atoms with Gasteiger partial charge in [-0.3, -0.25) is 4.79 Å². The first-order chi connectivity index (χ1) is 12.2. The summed E-state index contributed by atoms with van der Waals surface area (Å²) in [6, 6.07) is 14.0. The summed E-state index contributed by atoms with van der Waals surface area (Å²) in [7, 11) is 0. The van der Waals surface area contributed by atoms with Crippen molar-refractivity contribution in [2.75, 3.05) is 0 Å². The van der Waals surface area contributed by atoms with Crippen LogP contribution in [0.2, 0.25) is 0 Å². The molecule has 1 aliphatic rings. The van der Waals surface area contributed by atoms with E-state index in [4.69, 9.17) is 4.74 Å². The molecule has 0 bridgehead atoms. The van der Waals surface area contributed by atoms with Gasteiger partial charge in [-0.05, 0) is 36.2 Å². The number of hydrogen-bond acceptors (Lipinski definition) is 2. The lowest BCUT2D eigenvalue weighted by molar-refractivity contribution is 0.0935. The second-order valence-corrected chi connectivity index (χ2v) is 6.29. The minimum atomic E-state index is -0.303. The number of nitrogens with one attached hydrogen (secondary N) is 1. The highest BCUT2D eigenvalue weighted by molar-refractivity contribution is 6.00. The van der Waals surface area contributed by atoms with E-state index in [0.717, 1.165) is 28.6 Å². The summed E-state index contributed by atoms with van der Waals surface area (Å²) in [6.45, 7) is 3.02. The summed E-state index contributed by atoms with van der Waals surface area (Å²) in [5, 5.41) is 3.88. The fourth-order valence-electron chi connectivity index (χ4n) is 3.32. The van der Waals surface area contributed by atoms with Gasteiger partial charge in [-0.25, -0.2) is 4.39 Å². The van der Waals surface area contributed by atoms with Gasteiger partial charge in [-0.1, -0.05) is 31.2 Å². The second-order valence-electron chi connectivity index (χ2n) is 6.29. The molecule has 2 heterocycles. The maximum absolute atomic E-state index is 13.3. The Morgan fingerprint density at radius 1 is 1.28 bits per heavy atom. The normalized spacial score (nSPS) is 15.8. The maximum atomic E-state index is 13.3. The molecule has 0 aliphatic carbocycles. The van der Waals surface area contributed by atoms with Crippen LogP contribution in [-0.2, 0) is 13.1 Å². The number of carbonyl (C=O) groups excluding carboxylic acids is 1. The van der Waals surface area contributed by atoms with E-state index in [1.54, 1.807) is 12.1 Å². The van der Waals surface area contributed by atoms with Crippen molar-refractivity contribution < 1.29 is 13.9 Å². The predicted octanol–water partition coefficient (Wildman–Crippen LogP) is 3.88. The van der Waals surface area contributed by atoms with Gasteiger partial charge in [0.2, 0.25) is 0 Å². The molecular formula is C20H19FN2O2. The van der Waals surface area contributed by atoms with Gasteiger partial charge in [0.25, 0.3) is 5.91 Å². The Bertz CT molecular complexity index is 948. The Balaban J connectivity index is 1.63. The van der Waals surface area contributed by atoms with Crippen molar-refractivity contribution in [3.05, 3.63) is 65.6 Å². The third kappa shape index (κ3) is 2.86. The Hall–Kier alpha value is -2.82. The van der Waals surface area contributed by atoms with Gasteiger partial charge in [0.1, 0.15) is 23.4 Å². The van der Waals surface area contributed by atoms with E-state index < -0.39 is 0 Å². The number of hydrogen-bond donors (Lipinski definition) is 1. The predicted molar refractivity (Wildman–Crippen MR) is 94.2 cm³/mol. The van der Waals surface area contributed by atoms with Gasteiger partial charge in [0.15, 0.2) is 0 Å². The zero-order chi connectivity index (χ0) is 17.4. The van der Waals surface area contributed by atoms with Gasteiger partial charge in [-0.15, -0.1) is 0 Å². The minimum absolute atomic E-state index is 0.0558. The molecule has 1 aromatic heterocycles. The minimum Gasteiger partial charge on any atom is -0.486 e. The summed E-state index contributed by atoms with van der Waals surface area (Å²) < 4.78 is 21.3.